The van der Waals surface area contributed by atoms with Gasteiger partial charge in [-0.05, 0) is 92.8 Å². The van der Waals surface area contributed by atoms with Crippen LogP contribution in [0.1, 0.15) is 97.8 Å². The summed E-state index contributed by atoms with van der Waals surface area (Å²) in [5.41, 5.74) is 0.263. The van der Waals surface area contributed by atoms with Gasteiger partial charge in [0.2, 0.25) is 0 Å². The lowest BCUT2D eigenvalue weighted by Gasteiger charge is -2.63. The van der Waals surface area contributed by atoms with E-state index in [0.717, 1.165) is 24.2 Å². The van der Waals surface area contributed by atoms with Gasteiger partial charge in [-0.2, -0.15) is 0 Å². The van der Waals surface area contributed by atoms with Crippen LogP contribution in [-0.4, -0.2) is 16.0 Å². The van der Waals surface area contributed by atoms with Crippen molar-refractivity contribution < 1.29 is 10.2 Å². The van der Waals surface area contributed by atoms with Crippen molar-refractivity contribution in [3.8, 4) is 0 Å². The molecular formula is C23H40O2. The first kappa shape index (κ1) is 18.3. The van der Waals surface area contributed by atoms with E-state index in [1.165, 1.54) is 64.2 Å². The molecule has 0 spiro atoms. The van der Waals surface area contributed by atoms with Crippen molar-refractivity contribution in [2.75, 3.05) is 0 Å². The molecule has 0 aromatic rings. The summed E-state index contributed by atoms with van der Waals surface area (Å²) >= 11 is 0. The molecule has 25 heavy (non-hydrogen) atoms. The van der Waals surface area contributed by atoms with Crippen molar-refractivity contribution >= 4 is 0 Å². The van der Waals surface area contributed by atoms with E-state index in [2.05, 4.69) is 20.8 Å². The summed E-state index contributed by atoms with van der Waals surface area (Å²) in [5, 5.41) is 22.0. The van der Waals surface area contributed by atoms with Crippen LogP contribution < -0.4 is 0 Å². The van der Waals surface area contributed by atoms with Crippen LogP contribution in [0.2, 0.25) is 0 Å². The highest BCUT2D eigenvalue weighted by atomic mass is 16.5. The molecule has 144 valence electrons. The first-order valence-corrected chi connectivity index (χ1v) is 11.3. The molecule has 2 N–H and O–H groups in total. The molecule has 0 aromatic heterocycles. The quantitative estimate of drug-likeness (QED) is 0.660. The van der Waals surface area contributed by atoms with Gasteiger partial charge in [0.05, 0.1) is 0 Å². The molecular weight excluding hydrogens is 308 g/mol. The van der Waals surface area contributed by atoms with Crippen molar-refractivity contribution in [1.82, 2.24) is 0 Å². The second kappa shape index (κ2) is 6.23. The molecule has 4 rings (SSSR count). The maximum Gasteiger partial charge on any atom is 0.168 e. The Labute approximate surface area is 154 Å². The van der Waals surface area contributed by atoms with Gasteiger partial charge in [0.1, 0.15) is 0 Å². The molecule has 4 aliphatic carbocycles. The van der Waals surface area contributed by atoms with Crippen molar-refractivity contribution in [1.29, 1.82) is 0 Å². The summed E-state index contributed by atoms with van der Waals surface area (Å²) in [6.07, 6.45) is 14.9. The van der Waals surface area contributed by atoms with Crippen LogP contribution in [0.15, 0.2) is 0 Å². The third kappa shape index (κ3) is 2.49. The Hall–Kier alpha value is -0.0800. The second-order valence-electron chi connectivity index (χ2n) is 10.6. The normalized spacial score (nSPS) is 51.5. The summed E-state index contributed by atoms with van der Waals surface area (Å²) in [4.78, 5) is 0. The summed E-state index contributed by atoms with van der Waals surface area (Å²) < 4.78 is 0. The monoisotopic (exact) mass is 348 g/mol. The van der Waals surface area contributed by atoms with Crippen molar-refractivity contribution in [2.45, 2.75) is 104 Å². The van der Waals surface area contributed by atoms with Gasteiger partial charge in [0, 0.05) is 11.8 Å². The van der Waals surface area contributed by atoms with E-state index >= 15 is 0 Å². The van der Waals surface area contributed by atoms with Crippen LogP contribution in [0.25, 0.3) is 0 Å². The van der Waals surface area contributed by atoms with Crippen LogP contribution in [-0.2, 0) is 0 Å². The lowest BCUT2D eigenvalue weighted by atomic mass is 9.43. The molecule has 4 fully saturated rings. The Bertz CT molecular complexity index is 500. The van der Waals surface area contributed by atoms with Crippen LogP contribution in [0.5, 0.6) is 0 Å². The summed E-state index contributed by atoms with van der Waals surface area (Å²) in [6, 6.07) is 0. The zero-order chi connectivity index (χ0) is 17.9. The number of fused-ring (bicyclic) bond motifs is 5. The van der Waals surface area contributed by atoms with Gasteiger partial charge >= 0.3 is 0 Å². The highest BCUT2D eigenvalue weighted by Crippen LogP contribution is 2.69. The third-order valence-corrected chi connectivity index (χ3v) is 9.95. The predicted molar refractivity (Wildman–Crippen MR) is 102 cm³/mol. The van der Waals surface area contributed by atoms with Crippen LogP contribution in [0.3, 0.4) is 0 Å². The molecule has 2 nitrogen and oxygen atoms in total. The lowest BCUT2D eigenvalue weighted by molar-refractivity contribution is -0.313. The van der Waals surface area contributed by atoms with Gasteiger partial charge in [-0.25, -0.2) is 0 Å². The predicted octanol–water partition coefficient (Wildman–Crippen LogP) is 5.52. The molecule has 0 unspecified atom stereocenters. The molecule has 7 atom stereocenters. The number of hydrogen-bond donors (Lipinski definition) is 2. The SMILES string of the molecule is CCCC[C@H]1CC[C@H]2[C@@H]3CC[C@H]4CCCC(O)(O)[C@]4(C)[C@H]3CC[C@]12C. The van der Waals surface area contributed by atoms with E-state index in [9.17, 15) is 10.2 Å². The number of hydrogen-bond acceptors (Lipinski definition) is 2. The molecule has 4 aliphatic rings. The summed E-state index contributed by atoms with van der Waals surface area (Å²) in [5.74, 6) is 2.12. The standard InChI is InChI=1S/C23H40O2/c1-4-5-7-16-10-12-19-18-11-9-17-8-6-14-23(24,25)22(17,3)20(18)13-15-21(16,19)2/h16-20,24-25H,4-15H2,1-3H3/t16-,17+,18-,19-,20-,21+,22-/m0/s1. The van der Waals surface area contributed by atoms with Crippen molar-refractivity contribution in [3.63, 3.8) is 0 Å². The van der Waals surface area contributed by atoms with E-state index in [4.69, 9.17) is 0 Å². The Morgan fingerprint density at radius 2 is 1.68 bits per heavy atom. The highest BCUT2D eigenvalue weighted by Gasteiger charge is 2.65. The molecule has 0 radical (unpaired) electrons. The minimum atomic E-state index is -1.44. The van der Waals surface area contributed by atoms with Crippen molar-refractivity contribution in [3.05, 3.63) is 0 Å². The Kier molecular flexibility index (Phi) is 4.56. The zero-order valence-electron chi connectivity index (χ0n) is 16.8. The van der Waals surface area contributed by atoms with Crippen molar-refractivity contribution in [2.24, 2.45) is 40.4 Å². The highest BCUT2D eigenvalue weighted by molar-refractivity contribution is 5.11. The van der Waals surface area contributed by atoms with E-state index in [1.807, 2.05) is 0 Å². The summed E-state index contributed by atoms with van der Waals surface area (Å²) in [7, 11) is 0. The van der Waals surface area contributed by atoms with Crippen LogP contribution >= 0.6 is 0 Å². The topological polar surface area (TPSA) is 40.5 Å². The van der Waals surface area contributed by atoms with E-state index in [-0.39, 0.29) is 5.41 Å². The molecule has 0 heterocycles. The van der Waals surface area contributed by atoms with Crippen LogP contribution in [0, 0.1) is 40.4 Å². The van der Waals surface area contributed by atoms with Gasteiger partial charge in [-0.3, -0.25) is 0 Å². The molecule has 0 bridgehead atoms. The van der Waals surface area contributed by atoms with E-state index < -0.39 is 5.79 Å². The largest absolute Gasteiger partial charge is 0.365 e. The first-order valence-electron chi connectivity index (χ1n) is 11.3. The van der Waals surface area contributed by atoms with Gasteiger partial charge in [0.15, 0.2) is 5.79 Å². The van der Waals surface area contributed by atoms with Gasteiger partial charge < -0.3 is 10.2 Å². The average molecular weight is 349 g/mol. The number of aliphatic hydroxyl groups is 2. The second-order valence-corrected chi connectivity index (χ2v) is 10.6. The van der Waals surface area contributed by atoms with Gasteiger partial charge in [-0.15, -0.1) is 0 Å². The van der Waals surface area contributed by atoms with Gasteiger partial charge in [0.25, 0.3) is 0 Å². The first-order chi connectivity index (χ1) is 11.8. The fraction of sp³-hybridized carbons (Fsp3) is 1.00. The third-order valence-electron chi connectivity index (χ3n) is 9.95. The average Bonchev–Trinajstić information content (AvgIpc) is 2.90. The van der Waals surface area contributed by atoms with Gasteiger partial charge in [-0.1, -0.05) is 33.6 Å². The minimum Gasteiger partial charge on any atom is -0.365 e. The molecule has 0 amide bonds. The number of rotatable bonds is 3. The fourth-order valence-corrected chi connectivity index (χ4v) is 8.40. The lowest BCUT2D eigenvalue weighted by Crippen LogP contribution is -2.63. The maximum atomic E-state index is 11.0. The minimum absolute atomic E-state index is 0.267. The maximum absolute atomic E-state index is 11.0. The molecule has 0 aromatic carbocycles. The van der Waals surface area contributed by atoms with E-state index in [0.29, 0.717) is 23.7 Å². The Morgan fingerprint density at radius 3 is 2.44 bits per heavy atom. The summed E-state index contributed by atoms with van der Waals surface area (Å²) in [6.45, 7) is 7.17. The molecule has 4 saturated carbocycles. The Balaban J connectivity index is 1.61. The molecule has 0 saturated heterocycles. The zero-order valence-corrected chi connectivity index (χ0v) is 16.8. The van der Waals surface area contributed by atoms with E-state index in [1.54, 1.807) is 0 Å². The smallest absolute Gasteiger partial charge is 0.168 e. The molecule has 0 aliphatic heterocycles. The Morgan fingerprint density at radius 1 is 0.880 bits per heavy atom. The number of unbranched alkanes of at least 4 members (excludes halogenated alkanes) is 1. The molecule has 2 heteroatoms. The van der Waals surface area contributed by atoms with Crippen LogP contribution in [0.4, 0.5) is 0 Å². The fourth-order valence-electron chi connectivity index (χ4n) is 8.40.